The Morgan fingerprint density at radius 2 is 1.80 bits per heavy atom. The molecule has 0 aromatic carbocycles. The van der Waals surface area contributed by atoms with Gasteiger partial charge in [0.2, 0.25) is 0 Å². The largest absolute Gasteiger partial charge is 0.402 e. The van der Waals surface area contributed by atoms with E-state index in [1.165, 1.54) is 25.7 Å². The second-order valence-corrected chi connectivity index (χ2v) is 2.85. The lowest BCUT2D eigenvalue weighted by molar-refractivity contribution is 0.501. The second kappa shape index (κ2) is 5.33. The molecule has 0 heterocycles. The van der Waals surface area contributed by atoms with Crippen molar-refractivity contribution >= 4 is 0 Å². The lowest BCUT2D eigenvalue weighted by Gasteiger charge is -2.13. The quantitative estimate of drug-likeness (QED) is 0.629. The van der Waals surface area contributed by atoms with Gasteiger partial charge in [-0.15, -0.1) is 0 Å². The van der Waals surface area contributed by atoms with Crippen LogP contribution in [0.15, 0.2) is 12.3 Å². The predicted molar refractivity (Wildman–Crippen MR) is 48.7 cm³/mol. The Morgan fingerprint density at radius 1 is 1.40 bits per heavy atom. The lowest BCUT2D eigenvalue weighted by Crippen LogP contribution is -2.10. The first kappa shape index (κ1) is 9.54. The minimum atomic E-state index is 0. The molecular formula is C9H21N. The van der Waals surface area contributed by atoms with Gasteiger partial charge in [0.05, 0.1) is 0 Å². The van der Waals surface area contributed by atoms with E-state index in [2.05, 4.69) is 20.4 Å². The molecule has 0 spiro atoms. The third-order valence-corrected chi connectivity index (χ3v) is 1.80. The van der Waals surface area contributed by atoms with Crippen molar-refractivity contribution in [2.24, 2.45) is 11.7 Å². The van der Waals surface area contributed by atoms with Gasteiger partial charge in [-0.3, -0.25) is 0 Å². The molecule has 0 aliphatic rings. The molecule has 0 bridgehead atoms. The van der Waals surface area contributed by atoms with Crippen LogP contribution in [0.4, 0.5) is 0 Å². The Kier molecular flexibility index (Phi) is 5.09. The summed E-state index contributed by atoms with van der Waals surface area (Å²) in [7, 11) is 0. The average molecular weight is 143 g/mol. The Morgan fingerprint density at radius 3 is 2.00 bits per heavy atom. The Balaban J connectivity index is 0. The van der Waals surface area contributed by atoms with Crippen LogP contribution in [0.25, 0.3) is 0 Å². The molecule has 62 valence electrons. The minimum Gasteiger partial charge on any atom is -0.402 e. The molecule has 2 N–H and O–H groups in total. The SMILES string of the molecule is C=C(N)C(CCC)CCC.[HH]. The van der Waals surface area contributed by atoms with Gasteiger partial charge in [0.15, 0.2) is 0 Å². The highest BCUT2D eigenvalue weighted by Crippen LogP contribution is 2.17. The van der Waals surface area contributed by atoms with Gasteiger partial charge < -0.3 is 5.73 Å². The maximum atomic E-state index is 5.61. The van der Waals surface area contributed by atoms with E-state index in [0.717, 1.165) is 5.70 Å². The summed E-state index contributed by atoms with van der Waals surface area (Å²) >= 11 is 0. The zero-order chi connectivity index (χ0) is 7.98. The number of allylic oxidation sites excluding steroid dienone is 1. The summed E-state index contributed by atoms with van der Waals surface area (Å²) in [6, 6.07) is 0. The Hall–Kier alpha value is -0.460. The molecule has 0 atom stereocenters. The van der Waals surface area contributed by atoms with E-state index < -0.39 is 0 Å². The maximum absolute atomic E-state index is 5.61. The van der Waals surface area contributed by atoms with Gasteiger partial charge in [-0.1, -0.05) is 33.3 Å². The van der Waals surface area contributed by atoms with E-state index in [1.807, 2.05) is 0 Å². The topological polar surface area (TPSA) is 26.0 Å². The van der Waals surface area contributed by atoms with Crippen molar-refractivity contribution in [2.45, 2.75) is 39.5 Å². The smallest absolute Gasteiger partial charge is 0.00390 e. The first-order valence-corrected chi connectivity index (χ1v) is 4.16. The molecule has 0 aromatic rings. The van der Waals surface area contributed by atoms with Gasteiger partial charge in [0, 0.05) is 7.12 Å². The van der Waals surface area contributed by atoms with E-state index in [-0.39, 0.29) is 1.43 Å². The third kappa shape index (κ3) is 3.54. The number of rotatable bonds is 5. The molecule has 1 heteroatoms. The number of hydrogen-bond donors (Lipinski definition) is 1. The molecule has 0 aliphatic heterocycles. The molecule has 10 heavy (non-hydrogen) atoms. The standard InChI is InChI=1S/C9H19N.H2/c1-4-6-9(7-5-2)8(3)10;/h9H,3-7,10H2,1-2H3;1H. The summed E-state index contributed by atoms with van der Waals surface area (Å²) in [5, 5.41) is 0. The number of nitrogens with two attached hydrogens (primary N) is 1. The van der Waals surface area contributed by atoms with Gasteiger partial charge >= 0.3 is 0 Å². The van der Waals surface area contributed by atoms with Gasteiger partial charge in [-0.05, 0) is 18.8 Å². The van der Waals surface area contributed by atoms with Crippen LogP contribution in [-0.4, -0.2) is 0 Å². The summed E-state index contributed by atoms with van der Waals surface area (Å²) in [4.78, 5) is 0. The molecule has 0 aromatic heterocycles. The molecular weight excluding hydrogens is 122 g/mol. The van der Waals surface area contributed by atoms with Crippen LogP contribution in [0, 0.1) is 5.92 Å². The molecule has 0 unspecified atom stereocenters. The van der Waals surface area contributed by atoms with Crippen molar-refractivity contribution in [2.75, 3.05) is 0 Å². The molecule has 0 radical (unpaired) electrons. The van der Waals surface area contributed by atoms with E-state index in [0.29, 0.717) is 5.92 Å². The maximum Gasteiger partial charge on any atom is 0.00390 e. The molecule has 0 amide bonds. The third-order valence-electron chi connectivity index (χ3n) is 1.80. The van der Waals surface area contributed by atoms with Crippen LogP contribution in [0.3, 0.4) is 0 Å². The average Bonchev–Trinajstić information content (AvgIpc) is 1.87. The number of hydrogen-bond acceptors (Lipinski definition) is 1. The molecule has 0 rings (SSSR count). The Bertz CT molecular complexity index is 95.7. The van der Waals surface area contributed by atoms with Crippen LogP contribution >= 0.6 is 0 Å². The second-order valence-electron chi connectivity index (χ2n) is 2.85. The summed E-state index contributed by atoms with van der Waals surface area (Å²) in [5.41, 5.74) is 6.48. The summed E-state index contributed by atoms with van der Waals surface area (Å²) in [5.74, 6) is 0.565. The predicted octanol–water partition coefficient (Wildman–Crippen LogP) is 2.92. The fraction of sp³-hybridized carbons (Fsp3) is 0.778. The summed E-state index contributed by atoms with van der Waals surface area (Å²) in [6.07, 6.45) is 4.81. The lowest BCUT2D eigenvalue weighted by atomic mass is 9.96. The minimum absolute atomic E-state index is 0. The highest BCUT2D eigenvalue weighted by molar-refractivity contribution is 4.93. The normalized spacial score (nSPS) is 10.3. The fourth-order valence-electron chi connectivity index (χ4n) is 1.21. The van der Waals surface area contributed by atoms with Crippen LogP contribution in [0.5, 0.6) is 0 Å². The highest BCUT2D eigenvalue weighted by Gasteiger charge is 2.06. The van der Waals surface area contributed by atoms with Crippen molar-refractivity contribution in [3.8, 4) is 0 Å². The van der Waals surface area contributed by atoms with Crippen molar-refractivity contribution in [3.63, 3.8) is 0 Å². The monoisotopic (exact) mass is 143 g/mol. The molecule has 1 nitrogen and oxygen atoms in total. The van der Waals surface area contributed by atoms with Crippen LogP contribution in [0.2, 0.25) is 0 Å². The van der Waals surface area contributed by atoms with Crippen LogP contribution in [0.1, 0.15) is 41.0 Å². The van der Waals surface area contributed by atoms with Crippen molar-refractivity contribution in [1.29, 1.82) is 0 Å². The molecule has 0 saturated heterocycles. The van der Waals surface area contributed by atoms with Crippen LogP contribution < -0.4 is 5.73 Å². The molecule has 0 saturated carbocycles. The fourth-order valence-corrected chi connectivity index (χ4v) is 1.21. The van der Waals surface area contributed by atoms with Crippen molar-refractivity contribution < 1.29 is 1.43 Å². The van der Waals surface area contributed by atoms with E-state index >= 15 is 0 Å². The van der Waals surface area contributed by atoms with Crippen molar-refractivity contribution in [3.05, 3.63) is 12.3 Å². The first-order valence-electron chi connectivity index (χ1n) is 4.16. The zero-order valence-corrected chi connectivity index (χ0v) is 7.19. The summed E-state index contributed by atoms with van der Waals surface area (Å²) in [6.45, 7) is 8.14. The Labute approximate surface area is 65.8 Å². The van der Waals surface area contributed by atoms with E-state index in [9.17, 15) is 0 Å². The summed E-state index contributed by atoms with van der Waals surface area (Å²) < 4.78 is 0. The van der Waals surface area contributed by atoms with Gasteiger partial charge in [0.25, 0.3) is 0 Å². The highest BCUT2D eigenvalue weighted by atomic mass is 14.6. The van der Waals surface area contributed by atoms with Gasteiger partial charge in [-0.2, -0.15) is 0 Å². The van der Waals surface area contributed by atoms with E-state index in [1.54, 1.807) is 0 Å². The first-order chi connectivity index (χ1) is 4.72. The van der Waals surface area contributed by atoms with Gasteiger partial charge in [-0.25, -0.2) is 0 Å². The van der Waals surface area contributed by atoms with Crippen molar-refractivity contribution in [1.82, 2.24) is 0 Å². The molecule has 0 fully saturated rings. The molecule has 0 aliphatic carbocycles. The zero-order valence-electron chi connectivity index (χ0n) is 7.19. The van der Waals surface area contributed by atoms with Gasteiger partial charge in [0.1, 0.15) is 0 Å². The van der Waals surface area contributed by atoms with E-state index in [4.69, 9.17) is 5.73 Å². The van der Waals surface area contributed by atoms with Crippen LogP contribution in [-0.2, 0) is 0 Å².